The van der Waals surface area contributed by atoms with Crippen molar-refractivity contribution in [3.05, 3.63) is 35.7 Å². The number of hydrogen-bond acceptors (Lipinski definition) is 6. The van der Waals surface area contributed by atoms with Crippen molar-refractivity contribution < 1.29 is 9.53 Å². The van der Waals surface area contributed by atoms with Crippen molar-refractivity contribution in [2.45, 2.75) is 38.5 Å². The summed E-state index contributed by atoms with van der Waals surface area (Å²) in [4.78, 5) is 10.8. The summed E-state index contributed by atoms with van der Waals surface area (Å²) < 4.78 is 7.13. The normalized spacial score (nSPS) is 10.8. The zero-order chi connectivity index (χ0) is 17.5. The van der Waals surface area contributed by atoms with Crippen LogP contribution in [0.1, 0.15) is 38.1 Å². The van der Waals surface area contributed by atoms with E-state index < -0.39 is 0 Å². The third-order valence-electron chi connectivity index (χ3n) is 3.36. The van der Waals surface area contributed by atoms with Gasteiger partial charge in [0, 0.05) is 19.2 Å². The van der Waals surface area contributed by atoms with Crippen molar-refractivity contribution in [2.75, 3.05) is 18.1 Å². The summed E-state index contributed by atoms with van der Waals surface area (Å²) >= 11 is 1.43. The number of nitrogen functional groups attached to an aromatic ring is 1. The van der Waals surface area contributed by atoms with Crippen molar-refractivity contribution >= 4 is 17.7 Å². The number of nitrogens with one attached hydrogen (secondary N) is 1. The number of carbonyl (C=O) groups excluding carboxylic acids is 1. The molecule has 8 heteroatoms. The van der Waals surface area contributed by atoms with Crippen molar-refractivity contribution in [3.63, 3.8) is 0 Å². The van der Waals surface area contributed by atoms with Crippen LogP contribution in [0.4, 0.5) is 0 Å². The minimum atomic E-state index is -0.0533. The lowest BCUT2D eigenvalue weighted by atomic mass is 10.0. The summed E-state index contributed by atoms with van der Waals surface area (Å²) in [5.74, 6) is 8.40. The maximum absolute atomic E-state index is 10.8. The number of benzene rings is 1. The Labute approximate surface area is 145 Å². The van der Waals surface area contributed by atoms with Crippen LogP contribution in [0.3, 0.4) is 0 Å². The summed E-state index contributed by atoms with van der Waals surface area (Å²) in [6.07, 6.45) is 0. The fraction of sp³-hybridized carbons (Fsp3) is 0.438. The van der Waals surface area contributed by atoms with Crippen molar-refractivity contribution in [2.24, 2.45) is 0 Å². The van der Waals surface area contributed by atoms with Crippen molar-refractivity contribution in [1.82, 2.24) is 20.2 Å². The predicted molar refractivity (Wildman–Crippen MR) is 94.4 cm³/mol. The molecule has 7 nitrogen and oxygen atoms in total. The summed E-state index contributed by atoms with van der Waals surface area (Å²) in [6.45, 7) is 6.59. The largest absolute Gasteiger partial charge is 0.486 e. The molecule has 0 bridgehead atoms. The van der Waals surface area contributed by atoms with Crippen LogP contribution in [-0.2, 0) is 11.4 Å². The van der Waals surface area contributed by atoms with Crippen LogP contribution < -0.4 is 15.9 Å². The second-order valence-electron chi connectivity index (χ2n) is 5.61. The first-order valence-electron chi connectivity index (χ1n) is 7.76. The first-order chi connectivity index (χ1) is 11.5. The Kier molecular flexibility index (Phi) is 6.48. The molecule has 24 heavy (non-hydrogen) atoms. The highest BCUT2D eigenvalue weighted by Crippen LogP contribution is 2.20. The van der Waals surface area contributed by atoms with Crippen LogP contribution >= 0.6 is 11.8 Å². The highest BCUT2D eigenvalue weighted by Gasteiger charge is 2.11. The molecule has 0 radical (unpaired) electrons. The van der Waals surface area contributed by atoms with Gasteiger partial charge in [0.25, 0.3) is 0 Å². The number of ether oxygens (including phenoxy) is 1. The van der Waals surface area contributed by atoms with E-state index in [4.69, 9.17) is 10.6 Å². The number of aromatic nitrogens is 3. The smallest absolute Gasteiger partial charge is 0.216 e. The molecule has 1 aromatic heterocycles. The van der Waals surface area contributed by atoms with E-state index in [9.17, 15) is 4.79 Å². The van der Waals surface area contributed by atoms with E-state index in [1.165, 1.54) is 28.9 Å². The number of nitrogens with zero attached hydrogens (tertiary/aromatic N) is 3. The van der Waals surface area contributed by atoms with Crippen LogP contribution in [-0.4, -0.2) is 33.1 Å². The van der Waals surface area contributed by atoms with Crippen LogP contribution in [0.2, 0.25) is 0 Å². The molecule has 0 aliphatic rings. The lowest BCUT2D eigenvalue weighted by Crippen LogP contribution is -2.22. The third-order valence-corrected chi connectivity index (χ3v) is 4.30. The Morgan fingerprint density at radius 2 is 2.04 bits per heavy atom. The molecule has 2 rings (SSSR count). The maximum atomic E-state index is 10.8. The van der Waals surface area contributed by atoms with Crippen LogP contribution in [0, 0.1) is 0 Å². The second kappa shape index (κ2) is 8.58. The van der Waals surface area contributed by atoms with E-state index in [1.807, 2.05) is 12.1 Å². The molecule has 3 N–H and O–H groups in total. The van der Waals surface area contributed by atoms with E-state index in [0.717, 1.165) is 5.75 Å². The molecule has 0 aliphatic heterocycles. The van der Waals surface area contributed by atoms with Crippen molar-refractivity contribution in [1.29, 1.82) is 0 Å². The molecule has 2 aromatic rings. The average Bonchev–Trinajstić information content (AvgIpc) is 2.90. The van der Waals surface area contributed by atoms with Crippen LogP contribution in [0.5, 0.6) is 5.75 Å². The summed E-state index contributed by atoms with van der Waals surface area (Å²) in [5, 5.41) is 11.4. The van der Waals surface area contributed by atoms with Gasteiger partial charge in [0.2, 0.25) is 11.1 Å². The zero-order valence-corrected chi connectivity index (χ0v) is 15.0. The molecule has 0 unspecified atom stereocenters. The predicted octanol–water partition coefficient (Wildman–Crippen LogP) is 1.92. The number of nitrogens with two attached hydrogens (primary N) is 1. The van der Waals surface area contributed by atoms with Gasteiger partial charge in [-0.25, -0.2) is 4.68 Å². The highest BCUT2D eigenvalue weighted by molar-refractivity contribution is 7.99. The molecular weight excluding hydrogens is 326 g/mol. The number of carbonyl (C=O) groups is 1. The van der Waals surface area contributed by atoms with Crippen LogP contribution in [0.25, 0.3) is 0 Å². The summed E-state index contributed by atoms with van der Waals surface area (Å²) in [5.41, 5.74) is 1.27. The van der Waals surface area contributed by atoms with E-state index in [2.05, 4.69) is 41.5 Å². The Bertz CT molecular complexity index is 670. The zero-order valence-electron chi connectivity index (χ0n) is 14.2. The Morgan fingerprint density at radius 1 is 1.33 bits per heavy atom. The molecule has 0 saturated heterocycles. The van der Waals surface area contributed by atoms with Gasteiger partial charge in [-0.1, -0.05) is 37.7 Å². The van der Waals surface area contributed by atoms with E-state index in [-0.39, 0.29) is 12.5 Å². The summed E-state index contributed by atoms with van der Waals surface area (Å²) in [6, 6.07) is 7.98. The number of thioether (sulfide) groups is 1. The monoisotopic (exact) mass is 349 g/mol. The molecule has 1 heterocycles. The standard InChI is InChI=1S/C16H23N5O2S/c1-11(2)13-4-6-14(7-5-13)23-10-15-19-20-16(21(15)17)24-9-8-18-12(3)22/h4-7,11H,8-10,17H2,1-3H3,(H,18,22). The molecular formula is C16H23N5O2S. The molecule has 0 aliphatic carbocycles. The molecule has 1 amide bonds. The first kappa shape index (κ1) is 18.1. The maximum Gasteiger partial charge on any atom is 0.216 e. The third kappa shape index (κ3) is 5.16. The Balaban J connectivity index is 1.85. The van der Waals surface area contributed by atoms with Gasteiger partial charge in [-0.3, -0.25) is 4.79 Å². The molecule has 0 fully saturated rings. The summed E-state index contributed by atoms with van der Waals surface area (Å²) in [7, 11) is 0. The quantitative estimate of drug-likeness (QED) is 0.429. The number of amides is 1. The Hall–Kier alpha value is -2.22. The van der Waals surface area contributed by atoms with Gasteiger partial charge < -0.3 is 15.9 Å². The highest BCUT2D eigenvalue weighted by atomic mass is 32.2. The molecule has 130 valence electrons. The minimum Gasteiger partial charge on any atom is -0.486 e. The van der Waals surface area contributed by atoms with Gasteiger partial charge in [-0.05, 0) is 23.6 Å². The SMILES string of the molecule is CC(=O)NCCSc1nnc(COc2ccc(C(C)C)cc2)n1N. The second-order valence-corrected chi connectivity index (χ2v) is 6.67. The van der Waals surface area contributed by atoms with E-state index >= 15 is 0 Å². The van der Waals surface area contributed by atoms with Gasteiger partial charge in [0.05, 0.1) is 0 Å². The number of rotatable bonds is 8. The van der Waals surface area contributed by atoms with E-state index in [0.29, 0.717) is 29.2 Å². The van der Waals surface area contributed by atoms with Gasteiger partial charge in [0.15, 0.2) is 5.82 Å². The van der Waals surface area contributed by atoms with Gasteiger partial charge in [-0.15, -0.1) is 10.2 Å². The van der Waals surface area contributed by atoms with E-state index in [1.54, 1.807) is 0 Å². The molecule has 1 aromatic carbocycles. The fourth-order valence-electron chi connectivity index (χ4n) is 1.97. The first-order valence-corrected chi connectivity index (χ1v) is 8.75. The molecule has 0 spiro atoms. The van der Waals surface area contributed by atoms with Gasteiger partial charge >= 0.3 is 0 Å². The fourth-order valence-corrected chi connectivity index (χ4v) is 2.70. The molecule has 0 saturated carbocycles. The lowest BCUT2D eigenvalue weighted by molar-refractivity contribution is -0.118. The van der Waals surface area contributed by atoms with Crippen LogP contribution in [0.15, 0.2) is 29.4 Å². The lowest BCUT2D eigenvalue weighted by Gasteiger charge is -2.09. The average molecular weight is 349 g/mol. The molecule has 0 atom stereocenters. The van der Waals surface area contributed by atoms with Crippen molar-refractivity contribution in [3.8, 4) is 5.75 Å². The minimum absolute atomic E-state index is 0.0533. The Morgan fingerprint density at radius 3 is 2.67 bits per heavy atom. The van der Waals surface area contributed by atoms with Gasteiger partial charge in [-0.2, -0.15) is 0 Å². The van der Waals surface area contributed by atoms with Gasteiger partial charge in [0.1, 0.15) is 12.4 Å². The topological polar surface area (TPSA) is 95.1 Å². The number of hydrogen-bond donors (Lipinski definition) is 2.